The van der Waals surface area contributed by atoms with E-state index in [4.69, 9.17) is 4.42 Å². The second kappa shape index (κ2) is 13.1. The summed E-state index contributed by atoms with van der Waals surface area (Å²) >= 11 is 1.65. The van der Waals surface area contributed by atoms with Gasteiger partial charge in [0.15, 0.2) is 11.2 Å². The summed E-state index contributed by atoms with van der Waals surface area (Å²) in [5.74, 6) is 2.21. The SMILES string of the molecule is CC(C)c1cc(C(C)C)c(NC(=O)CN2CCN(CCCSc3nc4ncccc4o3)CC2)c(C(C)C)c1. The van der Waals surface area contributed by atoms with Crippen molar-refractivity contribution in [3.05, 3.63) is 47.2 Å². The van der Waals surface area contributed by atoms with Gasteiger partial charge in [-0.05, 0) is 59.5 Å². The second-order valence-electron chi connectivity index (χ2n) is 11.2. The van der Waals surface area contributed by atoms with Crippen LogP contribution in [0, 0.1) is 0 Å². The molecule has 206 valence electrons. The summed E-state index contributed by atoms with van der Waals surface area (Å²) in [5, 5.41) is 4.01. The van der Waals surface area contributed by atoms with Crippen molar-refractivity contribution >= 4 is 34.6 Å². The summed E-state index contributed by atoms with van der Waals surface area (Å²) in [6.07, 6.45) is 2.80. The lowest BCUT2D eigenvalue weighted by Crippen LogP contribution is -2.48. The maximum atomic E-state index is 13.2. The van der Waals surface area contributed by atoms with Crippen molar-refractivity contribution < 1.29 is 9.21 Å². The predicted molar refractivity (Wildman–Crippen MR) is 157 cm³/mol. The molecule has 0 bridgehead atoms. The van der Waals surface area contributed by atoms with Gasteiger partial charge in [0.1, 0.15) is 0 Å². The van der Waals surface area contributed by atoms with Crippen molar-refractivity contribution in [3.63, 3.8) is 0 Å². The molecule has 0 atom stereocenters. The van der Waals surface area contributed by atoms with Crippen molar-refractivity contribution in [1.29, 1.82) is 0 Å². The molecule has 3 heterocycles. The van der Waals surface area contributed by atoms with Crippen molar-refractivity contribution in [1.82, 2.24) is 19.8 Å². The lowest BCUT2D eigenvalue weighted by Gasteiger charge is -2.34. The summed E-state index contributed by atoms with van der Waals surface area (Å²) in [5.41, 5.74) is 6.26. The van der Waals surface area contributed by atoms with Gasteiger partial charge in [-0.1, -0.05) is 65.4 Å². The van der Waals surface area contributed by atoms with Crippen LogP contribution in [0.15, 0.2) is 40.1 Å². The number of fused-ring (bicyclic) bond motifs is 1. The van der Waals surface area contributed by atoms with Crippen LogP contribution in [0.5, 0.6) is 0 Å². The molecule has 1 aromatic carbocycles. The molecular weight excluding hydrogens is 494 g/mol. The molecule has 1 amide bonds. The molecule has 1 fully saturated rings. The lowest BCUT2D eigenvalue weighted by atomic mass is 9.87. The molecule has 0 spiro atoms. The zero-order valence-corrected chi connectivity index (χ0v) is 24.6. The van der Waals surface area contributed by atoms with Crippen molar-refractivity contribution in [3.8, 4) is 0 Å². The van der Waals surface area contributed by atoms with E-state index in [0.717, 1.165) is 56.2 Å². The van der Waals surface area contributed by atoms with Gasteiger partial charge in [0, 0.05) is 43.8 Å². The number of anilines is 1. The third-order valence-corrected chi connectivity index (χ3v) is 8.13. The van der Waals surface area contributed by atoms with Crippen molar-refractivity contribution in [2.24, 2.45) is 0 Å². The van der Waals surface area contributed by atoms with E-state index in [-0.39, 0.29) is 5.91 Å². The Kier molecular flexibility index (Phi) is 9.85. The van der Waals surface area contributed by atoms with Crippen LogP contribution in [0.3, 0.4) is 0 Å². The monoisotopic (exact) mass is 537 g/mol. The number of hydrogen-bond donors (Lipinski definition) is 1. The van der Waals surface area contributed by atoms with E-state index in [1.165, 1.54) is 16.7 Å². The van der Waals surface area contributed by atoms with Crippen LogP contribution < -0.4 is 5.32 Å². The number of nitrogens with one attached hydrogen (secondary N) is 1. The minimum atomic E-state index is 0.0868. The zero-order chi connectivity index (χ0) is 27.2. The number of carbonyl (C=O) groups excluding carboxylic acids is 1. The number of oxazole rings is 1. The highest BCUT2D eigenvalue weighted by molar-refractivity contribution is 7.99. The van der Waals surface area contributed by atoms with Gasteiger partial charge < -0.3 is 14.6 Å². The Labute approximate surface area is 231 Å². The smallest absolute Gasteiger partial charge is 0.258 e. The quantitative estimate of drug-likeness (QED) is 0.226. The van der Waals surface area contributed by atoms with Gasteiger partial charge in [-0.3, -0.25) is 9.69 Å². The van der Waals surface area contributed by atoms with Crippen LogP contribution in [0.25, 0.3) is 11.2 Å². The Morgan fingerprint density at radius 2 is 1.66 bits per heavy atom. The molecule has 2 aromatic heterocycles. The van der Waals surface area contributed by atoms with Crippen LogP contribution in [-0.2, 0) is 4.79 Å². The number of rotatable bonds is 11. The van der Waals surface area contributed by atoms with E-state index >= 15 is 0 Å². The third-order valence-electron chi connectivity index (χ3n) is 7.22. The van der Waals surface area contributed by atoms with Crippen molar-refractivity contribution in [2.75, 3.05) is 50.3 Å². The molecule has 0 radical (unpaired) electrons. The fourth-order valence-electron chi connectivity index (χ4n) is 4.91. The van der Waals surface area contributed by atoms with Crippen LogP contribution in [-0.4, -0.2) is 70.7 Å². The van der Waals surface area contributed by atoms with Crippen molar-refractivity contribution in [2.45, 2.75) is 70.9 Å². The van der Waals surface area contributed by atoms with E-state index in [9.17, 15) is 4.79 Å². The van der Waals surface area contributed by atoms with Gasteiger partial charge >= 0.3 is 0 Å². The highest BCUT2D eigenvalue weighted by Crippen LogP contribution is 2.36. The van der Waals surface area contributed by atoms with Crippen LogP contribution in [0.1, 0.15) is 82.4 Å². The summed E-state index contributed by atoms with van der Waals surface area (Å²) in [7, 11) is 0. The minimum absolute atomic E-state index is 0.0868. The Bertz CT molecular complexity index is 1150. The maximum Gasteiger partial charge on any atom is 0.258 e. The van der Waals surface area contributed by atoms with Gasteiger partial charge in [-0.25, -0.2) is 4.98 Å². The Morgan fingerprint density at radius 1 is 1.00 bits per heavy atom. The first kappa shape index (κ1) is 28.6. The minimum Gasteiger partial charge on any atom is -0.430 e. The van der Waals surface area contributed by atoms with E-state index in [1.54, 1.807) is 18.0 Å². The van der Waals surface area contributed by atoms with Gasteiger partial charge in [0.05, 0.1) is 6.54 Å². The molecule has 0 aliphatic carbocycles. The number of hydrogen-bond acceptors (Lipinski definition) is 7. The lowest BCUT2D eigenvalue weighted by molar-refractivity contribution is -0.117. The molecule has 1 saturated heterocycles. The number of piperazine rings is 1. The molecule has 3 aromatic rings. The molecule has 7 nitrogen and oxygen atoms in total. The van der Waals surface area contributed by atoms with Gasteiger partial charge in [0.2, 0.25) is 5.91 Å². The highest BCUT2D eigenvalue weighted by Gasteiger charge is 2.22. The van der Waals surface area contributed by atoms with Gasteiger partial charge in [-0.2, -0.15) is 4.98 Å². The topological polar surface area (TPSA) is 74.5 Å². The average Bonchev–Trinajstić information content (AvgIpc) is 3.30. The first-order chi connectivity index (χ1) is 18.2. The Morgan fingerprint density at radius 3 is 2.26 bits per heavy atom. The summed E-state index contributed by atoms with van der Waals surface area (Å²) in [4.78, 5) is 26.6. The summed E-state index contributed by atoms with van der Waals surface area (Å²) < 4.78 is 5.74. The molecule has 1 N–H and O–H groups in total. The fraction of sp³-hybridized carbons (Fsp3) is 0.567. The largest absolute Gasteiger partial charge is 0.430 e. The summed E-state index contributed by atoms with van der Waals surface area (Å²) in [6, 6.07) is 8.33. The van der Waals surface area contributed by atoms with E-state index < -0.39 is 0 Å². The predicted octanol–water partition coefficient (Wildman–Crippen LogP) is 6.33. The number of pyridine rings is 1. The molecule has 8 heteroatoms. The first-order valence-electron chi connectivity index (χ1n) is 14.0. The molecular formula is C30H43N5O2S. The number of aromatic nitrogens is 2. The third kappa shape index (κ3) is 7.36. The van der Waals surface area contributed by atoms with E-state index in [0.29, 0.717) is 35.2 Å². The summed E-state index contributed by atoms with van der Waals surface area (Å²) in [6.45, 7) is 18.6. The number of amides is 1. The fourth-order valence-corrected chi connectivity index (χ4v) is 5.66. The zero-order valence-electron chi connectivity index (χ0n) is 23.8. The average molecular weight is 538 g/mol. The standard InChI is InChI=1S/C30H43N5O2S/c1-20(2)23-17-24(21(3)4)28(25(18-23)22(5)6)32-27(36)19-35-14-12-34(13-15-35)11-8-16-38-30-33-29-26(37-30)9-7-10-31-29/h7,9-10,17-18,20-22H,8,11-16,19H2,1-6H3,(H,32,36). The molecule has 1 aliphatic rings. The van der Waals surface area contributed by atoms with Crippen LogP contribution >= 0.6 is 11.8 Å². The second-order valence-corrected chi connectivity index (χ2v) is 12.3. The highest BCUT2D eigenvalue weighted by atomic mass is 32.2. The van der Waals surface area contributed by atoms with Crippen LogP contribution in [0.2, 0.25) is 0 Å². The number of benzene rings is 1. The van der Waals surface area contributed by atoms with Gasteiger partial charge in [-0.15, -0.1) is 0 Å². The first-order valence-corrected chi connectivity index (χ1v) is 15.0. The van der Waals surface area contributed by atoms with E-state index in [2.05, 4.69) is 78.8 Å². The maximum absolute atomic E-state index is 13.2. The molecule has 0 saturated carbocycles. The molecule has 0 unspecified atom stereocenters. The Balaban J connectivity index is 1.24. The molecule has 38 heavy (non-hydrogen) atoms. The molecule has 1 aliphatic heterocycles. The van der Waals surface area contributed by atoms with Crippen LogP contribution in [0.4, 0.5) is 5.69 Å². The number of nitrogens with zero attached hydrogens (tertiary/aromatic N) is 4. The van der Waals surface area contributed by atoms with E-state index in [1.807, 2.05) is 12.1 Å². The number of thioether (sulfide) groups is 1. The normalized spacial score (nSPS) is 15.3. The molecule has 4 rings (SSSR count). The number of carbonyl (C=O) groups is 1. The van der Waals surface area contributed by atoms with Gasteiger partial charge in [0.25, 0.3) is 5.22 Å². The Hall–Kier alpha value is -2.42.